The van der Waals surface area contributed by atoms with Gasteiger partial charge < -0.3 is 5.73 Å². The van der Waals surface area contributed by atoms with Gasteiger partial charge in [-0.15, -0.1) is 11.3 Å². The second-order valence-electron chi connectivity index (χ2n) is 4.43. The maximum absolute atomic E-state index is 5.53. The van der Waals surface area contributed by atoms with Gasteiger partial charge in [0.05, 0.1) is 5.01 Å². The molecule has 0 aliphatic rings. The Morgan fingerprint density at radius 2 is 1.88 bits per heavy atom. The maximum Gasteiger partial charge on any atom is 0.0940 e. The number of nitrogens with two attached hydrogens (primary N) is 1. The number of thiazole rings is 1. The topological polar surface area (TPSA) is 38.9 Å². The fourth-order valence-corrected chi connectivity index (χ4v) is 3.01. The number of nitrogens with zero attached hydrogens (tertiary/aromatic N) is 1. The lowest BCUT2D eigenvalue weighted by atomic mass is 10.0. The second-order valence-corrected chi connectivity index (χ2v) is 5.63. The predicted molar refractivity (Wildman–Crippen MR) is 73.6 cm³/mol. The molecule has 1 heterocycles. The summed E-state index contributed by atoms with van der Waals surface area (Å²) < 4.78 is 0. The molecule has 0 aliphatic heterocycles. The highest BCUT2D eigenvalue weighted by atomic mass is 32.1. The molecule has 3 heteroatoms. The van der Waals surface area contributed by atoms with Gasteiger partial charge in [0.15, 0.2) is 0 Å². The smallest absolute Gasteiger partial charge is 0.0940 e. The van der Waals surface area contributed by atoms with Crippen LogP contribution >= 0.6 is 11.3 Å². The van der Waals surface area contributed by atoms with Gasteiger partial charge in [-0.05, 0) is 26.0 Å². The van der Waals surface area contributed by atoms with Crippen LogP contribution in [0.25, 0.3) is 0 Å². The van der Waals surface area contributed by atoms with Crippen molar-refractivity contribution in [3.63, 3.8) is 0 Å². The van der Waals surface area contributed by atoms with Gasteiger partial charge in [0.2, 0.25) is 0 Å². The molecule has 2 aromatic rings. The van der Waals surface area contributed by atoms with E-state index in [1.165, 1.54) is 21.6 Å². The van der Waals surface area contributed by atoms with Crippen molar-refractivity contribution in [3.05, 3.63) is 51.0 Å². The minimum Gasteiger partial charge on any atom is -0.330 e. The van der Waals surface area contributed by atoms with Crippen LogP contribution in [0.15, 0.2) is 24.4 Å². The van der Waals surface area contributed by atoms with Crippen LogP contribution in [0.4, 0.5) is 0 Å². The van der Waals surface area contributed by atoms with Crippen LogP contribution in [0.1, 0.15) is 26.6 Å². The standard InChI is InChI=1S/C14H18N2S/c1-10-5-11(2)7-12(6-10)8-13-9-16-14(17-13)3-4-15/h5-7,9H,3-4,8,15H2,1-2H3. The van der Waals surface area contributed by atoms with Gasteiger partial charge in [0.1, 0.15) is 0 Å². The Balaban J connectivity index is 2.13. The second kappa shape index (κ2) is 5.43. The summed E-state index contributed by atoms with van der Waals surface area (Å²) in [6.45, 7) is 4.96. The zero-order valence-electron chi connectivity index (χ0n) is 10.4. The van der Waals surface area contributed by atoms with E-state index in [9.17, 15) is 0 Å². The minimum absolute atomic E-state index is 0.677. The first-order valence-corrected chi connectivity index (χ1v) is 6.70. The number of aryl methyl sites for hydroxylation is 2. The zero-order valence-corrected chi connectivity index (χ0v) is 11.2. The Labute approximate surface area is 107 Å². The molecule has 90 valence electrons. The van der Waals surface area contributed by atoms with Gasteiger partial charge in [-0.3, -0.25) is 0 Å². The van der Waals surface area contributed by atoms with Crippen LogP contribution in [0.3, 0.4) is 0 Å². The maximum atomic E-state index is 5.53. The van der Waals surface area contributed by atoms with Gasteiger partial charge >= 0.3 is 0 Å². The van der Waals surface area contributed by atoms with E-state index < -0.39 is 0 Å². The van der Waals surface area contributed by atoms with Crippen molar-refractivity contribution in [3.8, 4) is 0 Å². The lowest BCUT2D eigenvalue weighted by molar-refractivity contribution is 0.952. The molecule has 1 aromatic carbocycles. The van der Waals surface area contributed by atoms with E-state index in [0.717, 1.165) is 17.8 Å². The van der Waals surface area contributed by atoms with Crippen LogP contribution < -0.4 is 5.73 Å². The van der Waals surface area contributed by atoms with Crippen LogP contribution in [0.2, 0.25) is 0 Å². The van der Waals surface area contributed by atoms with E-state index in [1.807, 2.05) is 6.20 Å². The minimum atomic E-state index is 0.677. The fourth-order valence-electron chi connectivity index (χ4n) is 2.04. The summed E-state index contributed by atoms with van der Waals surface area (Å²) in [4.78, 5) is 5.70. The molecule has 0 radical (unpaired) electrons. The van der Waals surface area contributed by atoms with E-state index in [1.54, 1.807) is 11.3 Å². The number of aromatic nitrogens is 1. The van der Waals surface area contributed by atoms with Crippen molar-refractivity contribution in [2.24, 2.45) is 5.73 Å². The fraction of sp³-hybridized carbons (Fsp3) is 0.357. The third-order valence-corrected chi connectivity index (χ3v) is 3.68. The molecular formula is C14H18N2S. The van der Waals surface area contributed by atoms with Gasteiger partial charge in [0, 0.05) is 23.9 Å². The summed E-state index contributed by atoms with van der Waals surface area (Å²) in [5.74, 6) is 0. The van der Waals surface area contributed by atoms with Crippen LogP contribution in [-0.2, 0) is 12.8 Å². The molecule has 2 rings (SSSR count). The Kier molecular flexibility index (Phi) is 3.92. The summed E-state index contributed by atoms with van der Waals surface area (Å²) in [6.07, 6.45) is 3.84. The highest BCUT2D eigenvalue weighted by molar-refractivity contribution is 7.11. The largest absolute Gasteiger partial charge is 0.330 e. The molecule has 0 fully saturated rings. The summed E-state index contributed by atoms with van der Waals surface area (Å²) in [5.41, 5.74) is 9.55. The van der Waals surface area contributed by atoms with Crippen molar-refractivity contribution < 1.29 is 0 Å². The van der Waals surface area contributed by atoms with Crippen LogP contribution in [-0.4, -0.2) is 11.5 Å². The highest BCUT2D eigenvalue weighted by Gasteiger charge is 2.03. The first kappa shape index (κ1) is 12.3. The van der Waals surface area contributed by atoms with E-state index in [-0.39, 0.29) is 0 Å². The monoisotopic (exact) mass is 246 g/mol. The quantitative estimate of drug-likeness (QED) is 0.901. The molecule has 0 saturated carbocycles. The number of benzene rings is 1. The van der Waals surface area contributed by atoms with Gasteiger partial charge in [0.25, 0.3) is 0 Å². The number of hydrogen-bond donors (Lipinski definition) is 1. The molecule has 0 bridgehead atoms. The van der Waals surface area contributed by atoms with Crippen molar-refractivity contribution in [1.82, 2.24) is 4.98 Å². The third-order valence-electron chi connectivity index (χ3n) is 2.62. The van der Waals surface area contributed by atoms with Gasteiger partial charge in [-0.2, -0.15) is 0 Å². The van der Waals surface area contributed by atoms with E-state index in [0.29, 0.717) is 6.54 Å². The SMILES string of the molecule is Cc1cc(C)cc(Cc2cnc(CCN)s2)c1. The molecule has 0 spiro atoms. The first-order chi connectivity index (χ1) is 8.17. The first-order valence-electron chi connectivity index (χ1n) is 5.88. The predicted octanol–water partition coefficient (Wildman–Crippen LogP) is 2.85. The van der Waals surface area contributed by atoms with Crippen molar-refractivity contribution in [1.29, 1.82) is 0 Å². The summed E-state index contributed by atoms with van der Waals surface area (Å²) in [5, 5.41) is 1.15. The van der Waals surface area contributed by atoms with Gasteiger partial charge in [-0.25, -0.2) is 4.98 Å². The Morgan fingerprint density at radius 3 is 2.53 bits per heavy atom. The molecule has 1 aromatic heterocycles. The summed E-state index contributed by atoms with van der Waals surface area (Å²) >= 11 is 1.77. The molecule has 0 aliphatic carbocycles. The molecule has 0 saturated heterocycles. The van der Waals surface area contributed by atoms with E-state index >= 15 is 0 Å². The van der Waals surface area contributed by atoms with E-state index in [4.69, 9.17) is 5.73 Å². The molecule has 0 atom stereocenters. The van der Waals surface area contributed by atoms with Crippen LogP contribution in [0, 0.1) is 13.8 Å². The average Bonchev–Trinajstić information content (AvgIpc) is 2.64. The number of rotatable bonds is 4. The molecular weight excluding hydrogens is 228 g/mol. The summed E-state index contributed by atoms with van der Waals surface area (Å²) in [7, 11) is 0. The molecule has 0 unspecified atom stereocenters. The molecule has 0 amide bonds. The molecule has 17 heavy (non-hydrogen) atoms. The lowest BCUT2D eigenvalue weighted by Gasteiger charge is -2.02. The Morgan fingerprint density at radius 1 is 1.18 bits per heavy atom. The van der Waals surface area contributed by atoms with Crippen molar-refractivity contribution >= 4 is 11.3 Å². The highest BCUT2D eigenvalue weighted by Crippen LogP contribution is 2.19. The molecule has 2 N–H and O–H groups in total. The van der Waals surface area contributed by atoms with Gasteiger partial charge in [-0.1, -0.05) is 29.3 Å². The normalized spacial score (nSPS) is 10.8. The molecule has 2 nitrogen and oxygen atoms in total. The zero-order chi connectivity index (χ0) is 12.3. The Hall–Kier alpha value is -1.19. The number of hydrogen-bond acceptors (Lipinski definition) is 3. The third kappa shape index (κ3) is 3.38. The van der Waals surface area contributed by atoms with Crippen molar-refractivity contribution in [2.75, 3.05) is 6.54 Å². The van der Waals surface area contributed by atoms with Crippen molar-refractivity contribution in [2.45, 2.75) is 26.7 Å². The average molecular weight is 246 g/mol. The Bertz CT molecular complexity index is 482. The summed E-state index contributed by atoms with van der Waals surface area (Å²) in [6, 6.07) is 6.70. The van der Waals surface area contributed by atoms with Crippen LogP contribution in [0.5, 0.6) is 0 Å². The van der Waals surface area contributed by atoms with E-state index in [2.05, 4.69) is 37.0 Å². The lowest BCUT2D eigenvalue weighted by Crippen LogP contribution is -2.01.